The zero-order valence-corrected chi connectivity index (χ0v) is 13.9. The first kappa shape index (κ1) is 15.7. The van der Waals surface area contributed by atoms with Crippen LogP contribution in [-0.2, 0) is 4.74 Å². The number of ether oxygens (including phenoxy) is 3. The number of carbonyl (C=O) groups excluding carboxylic acids is 1. The molecule has 1 aromatic carbocycles. The van der Waals surface area contributed by atoms with Crippen molar-refractivity contribution < 1.29 is 19.0 Å². The number of nitrogens with two attached hydrogens (primary N) is 1. The predicted molar refractivity (Wildman–Crippen MR) is 90.5 cm³/mol. The summed E-state index contributed by atoms with van der Waals surface area (Å²) in [6.07, 6.45) is -0.283. The number of hydrogen-bond donors (Lipinski definition) is 1. The molecule has 0 spiro atoms. The number of carbonyl (C=O) groups is 1. The molecule has 0 radical (unpaired) electrons. The highest BCUT2D eigenvalue weighted by Gasteiger charge is 2.28. The van der Waals surface area contributed by atoms with Crippen molar-refractivity contribution in [1.82, 2.24) is 9.88 Å². The average Bonchev–Trinajstić information content (AvgIpc) is 3.08. The zero-order valence-electron chi connectivity index (χ0n) is 13.9. The standard InChI is InChI=1S/C18H19N3O4/c1-11-6-13(19)8-14(20-11)17-9-21(4-5-23-17)18(22)12-2-3-15-16(7-12)25-10-24-15/h2-3,6-8,17H,4-5,9-10H2,1H3,(H2,19,20). The number of anilines is 1. The lowest BCUT2D eigenvalue weighted by Crippen LogP contribution is -2.42. The van der Waals surface area contributed by atoms with Gasteiger partial charge in [-0.05, 0) is 37.3 Å². The van der Waals surface area contributed by atoms with Crippen molar-refractivity contribution in [1.29, 1.82) is 0 Å². The van der Waals surface area contributed by atoms with Gasteiger partial charge in [-0.15, -0.1) is 0 Å². The number of benzene rings is 1. The molecule has 4 rings (SSSR count). The second-order valence-electron chi connectivity index (χ2n) is 6.15. The summed E-state index contributed by atoms with van der Waals surface area (Å²) in [5.41, 5.74) is 8.70. The Labute approximate surface area is 145 Å². The third kappa shape index (κ3) is 3.10. The number of nitrogens with zero attached hydrogens (tertiary/aromatic N) is 2. The third-order valence-electron chi connectivity index (χ3n) is 4.30. The summed E-state index contributed by atoms with van der Waals surface area (Å²) < 4.78 is 16.4. The van der Waals surface area contributed by atoms with E-state index in [4.69, 9.17) is 19.9 Å². The van der Waals surface area contributed by atoms with Crippen molar-refractivity contribution in [3.63, 3.8) is 0 Å². The fourth-order valence-corrected chi connectivity index (χ4v) is 3.11. The lowest BCUT2D eigenvalue weighted by Gasteiger charge is -2.33. The normalized spacial score (nSPS) is 19.1. The van der Waals surface area contributed by atoms with E-state index in [0.717, 1.165) is 11.4 Å². The van der Waals surface area contributed by atoms with Crippen LogP contribution in [0.3, 0.4) is 0 Å². The Morgan fingerprint density at radius 1 is 1.24 bits per heavy atom. The van der Waals surface area contributed by atoms with Crippen LogP contribution in [0.5, 0.6) is 11.5 Å². The summed E-state index contributed by atoms with van der Waals surface area (Å²) in [5, 5.41) is 0. The van der Waals surface area contributed by atoms with Gasteiger partial charge in [0, 0.05) is 23.5 Å². The Hall–Kier alpha value is -2.80. The minimum atomic E-state index is -0.283. The van der Waals surface area contributed by atoms with Gasteiger partial charge in [-0.1, -0.05) is 0 Å². The molecule has 7 heteroatoms. The summed E-state index contributed by atoms with van der Waals surface area (Å²) in [5.74, 6) is 1.20. The van der Waals surface area contributed by atoms with Crippen LogP contribution in [0.1, 0.15) is 27.8 Å². The molecule has 2 N–H and O–H groups in total. The molecule has 25 heavy (non-hydrogen) atoms. The fourth-order valence-electron chi connectivity index (χ4n) is 3.11. The smallest absolute Gasteiger partial charge is 0.254 e. The number of amides is 1. The third-order valence-corrected chi connectivity index (χ3v) is 4.30. The van der Waals surface area contributed by atoms with E-state index in [1.165, 1.54) is 0 Å². The monoisotopic (exact) mass is 341 g/mol. The van der Waals surface area contributed by atoms with Gasteiger partial charge in [-0.2, -0.15) is 0 Å². The summed E-state index contributed by atoms with van der Waals surface area (Å²) >= 11 is 0. The van der Waals surface area contributed by atoms with E-state index >= 15 is 0 Å². The average molecular weight is 341 g/mol. The Kier molecular flexibility index (Phi) is 3.93. The fraction of sp³-hybridized carbons (Fsp3) is 0.333. The molecule has 1 aromatic heterocycles. The molecule has 1 amide bonds. The van der Waals surface area contributed by atoms with E-state index < -0.39 is 0 Å². The summed E-state index contributed by atoms with van der Waals surface area (Å²) in [6.45, 7) is 3.50. The van der Waals surface area contributed by atoms with E-state index in [2.05, 4.69) is 4.98 Å². The Morgan fingerprint density at radius 2 is 2.08 bits per heavy atom. The molecule has 1 saturated heterocycles. The molecule has 0 aliphatic carbocycles. The van der Waals surface area contributed by atoms with Crippen LogP contribution in [0.25, 0.3) is 0 Å². The Balaban J connectivity index is 1.53. The number of morpholine rings is 1. The number of aromatic nitrogens is 1. The van der Waals surface area contributed by atoms with Crippen LogP contribution in [0, 0.1) is 6.92 Å². The number of hydrogen-bond acceptors (Lipinski definition) is 6. The highest BCUT2D eigenvalue weighted by atomic mass is 16.7. The zero-order chi connectivity index (χ0) is 17.4. The quantitative estimate of drug-likeness (QED) is 0.898. The van der Waals surface area contributed by atoms with Gasteiger partial charge >= 0.3 is 0 Å². The minimum Gasteiger partial charge on any atom is -0.454 e. The van der Waals surface area contributed by atoms with Crippen LogP contribution >= 0.6 is 0 Å². The molecule has 0 bridgehead atoms. The van der Waals surface area contributed by atoms with Crippen molar-refractivity contribution in [2.45, 2.75) is 13.0 Å². The van der Waals surface area contributed by atoms with Crippen molar-refractivity contribution in [2.24, 2.45) is 0 Å². The molecule has 3 heterocycles. The summed E-state index contributed by atoms with van der Waals surface area (Å²) in [7, 11) is 0. The van der Waals surface area contributed by atoms with Crippen LogP contribution in [0.4, 0.5) is 5.69 Å². The van der Waals surface area contributed by atoms with Crippen molar-refractivity contribution in [2.75, 3.05) is 32.2 Å². The van der Waals surface area contributed by atoms with E-state index in [-0.39, 0.29) is 18.8 Å². The maximum atomic E-state index is 12.8. The lowest BCUT2D eigenvalue weighted by atomic mass is 10.1. The summed E-state index contributed by atoms with van der Waals surface area (Å²) in [6, 6.07) is 8.84. The molecule has 130 valence electrons. The van der Waals surface area contributed by atoms with Gasteiger partial charge < -0.3 is 24.8 Å². The number of rotatable bonds is 2. The van der Waals surface area contributed by atoms with Gasteiger partial charge in [-0.3, -0.25) is 9.78 Å². The second kappa shape index (κ2) is 6.25. The molecule has 7 nitrogen and oxygen atoms in total. The number of pyridine rings is 1. The Morgan fingerprint density at radius 3 is 2.92 bits per heavy atom. The first-order chi connectivity index (χ1) is 12.1. The Bertz CT molecular complexity index is 804. The first-order valence-electron chi connectivity index (χ1n) is 8.15. The predicted octanol–water partition coefficient (Wildman–Crippen LogP) is 1.91. The maximum Gasteiger partial charge on any atom is 0.254 e. The molecule has 1 fully saturated rings. The molecular weight excluding hydrogens is 322 g/mol. The highest BCUT2D eigenvalue weighted by molar-refractivity contribution is 5.95. The van der Waals surface area contributed by atoms with Crippen LogP contribution < -0.4 is 15.2 Å². The van der Waals surface area contributed by atoms with Gasteiger partial charge in [-0.25, -0.2) is 0 Å². The van der Waals surface area contributed by atoms with E-state index in [9.17, 15) is 4.79 Å². The van der Waals surface area contributed by atoms with Crippen molar-refractivity contribution in [3.8, 4) is 11.5 Å². The maximum absolute atomic E-state index is 12.8. The second-order valence-corrected chi connectivity index (χ2v) is 6.15. The van der Waals surface area contributed by atoms with Crippen LogP contribution in [-0.4, -0.2) is 42.3 Å². The van der Waals surface area contributed by atoms with Gasteiger partial charge in [0.25, 0.3) is 5.91 Å². The SMILES string of the molecule is Cc1cc(N)cc(C2CN(C(=O)c3ccc4c(c3)OCO4)CCO2)n1. The number of fused-ring (bicyclic) bond motifs is 1. The van der Waals surface area contributed by atoms with Gasteiger partial charge in [0.05, 0.1) is 18.8 Å². The van der Waals surface area contributed by atoms with E-state index in [0.29, 0.717) is 42.4 Å². The van der Waals surface area contributed by atoms with Gasteiger partial charge in [0.15, 0.2) is 11.5 Å². The topological polar surface area (TPSA) is 86.9 Å². The largest absolute Gasteiger partial charge is 0.454 e. The summed E-state index contributed by atoms with van der Waals surface area (Å²) in [4.78, 5) is 19.1. The molecule has 0 saturated carbocycles. The van der Waals surface area contributed by atoms with Crippen molar-refractivity contribution >= 4 is 11.6 Å². The first-order valence-corrected chi connectivity index (χ1v) is 8.15. The number of aryl methyl sites for hydroxylation is 1. The van der Waals surface area contributed by atoms with E-state index in [1.54, 1.807) is 29.2 Å². The van der Waals surface area contributed by atoms with Crippen molar-refractivity contribution in [3.05, 3.63) is 47.3 Å². The number of nitrogen functional groups attached to an aromatic ring is 1. The van der Waals surface area contributed by atoms with E-state index in [1.807, 2.05) is 13.0 Å². The molecule has 2 aromatic rings. The molecule has 1 atom stereocenters. The molecule has 1 unspecified atom stereocenters. The molecule has 2 aliphatic rings. The molecular formula is C18H19N3O4. The van der Waals surface area contributed by atoms with Crippen LogP contribution in [0.2, 0.25) is 0 Å². The molecule has 2 aliphatic heterocycles. The van der Waals surface area contributed by atoms with Gasteiger partial charge in [0.1, 0.15) is 6.10 Å². The lowest BCUT2D eigenvalue weighted by molar-refractivity contribution is -0.0247. The minimum absolute atomic E-state index is 0.0628. The highest BCUT2D eigenvalue weighted by Crippen LogP contribution is 2.33. The van der Waals surface area contributed by atoms with Crippen LogP contribution in [0.15, 0.2) is 30.3 Å². The van der Waals surface area contributed by atoms with Gasteiger partial charge in [0.2, 0.25) is 6.79 Å².